The Morgan fingerprint density at radius 1 is 1.16 bits per heavy atom. The monoisotopic (exact) mass is 380 g/mol. The van der Waals surface area contributed by atoms with E-state index in [2.05, 4.69) is 43.0 Å². The second-order valence-corrected chi connectivity index (χ2v) is 7.86. The Bertz CT molecular complexity index is 757. The summed E-state index contributed by atoms with van der Waals surface area (Å²) in [6.07, 6.45) is 13.2. The first-order chi connectivity index (χ1) is 11.8. The molecule has 0 N–H and O–H groups in total. The predicted octanol–water partition coefficient (Wildman–Crippen LogP) is 4.30. The molecular weight excluding hydrogens is 356 g/mol. The lowest BCUT2D eigenvalue weighted by atomic mass is 10.2. The van der Waals surface area contributed by atoms with Crippen LogP contribution in [0.5, 0.6) is 5.75 Å². The highest BCUT2D eigenvalue weighted by Crippen LogP contribution is 2.21. The van der Waals surface area contributed by atoms with Crippen molar-refractivity contribution >= 4 is 27.5 Å². The average molecular weight is 381 g/mol. The molecule has 4 nitrogen and oxygen atoms in total. The van der Waals surface area contributed by atoms with Gasteiger partial charge in [0.05, 0.1) is 12.9 Å². The second-order valence-electron chi connectivity index (χ2n) is 4.83. The van der Waals surface area contributed by atoms with E-state index in [1.165, 1.54) is 15.3 Å². The first-order valence-electron chi connectivity index (χ1n) is 7.32. The summed E-state index contributed by atoms with van der Waals surface area (Å²) >= 11 is 1.84. The third-order valence-electron chi connectivity index (χ3n) is 2.63. The van der Waals surface area contributed by atoms with Crippen LogP contribution in [0, 0.1) is 26.7 Å². The molecule has 0 radical (unpaired) electrons. The van der Waals surface area contributed by atoms with Gasteiger partial charge in [-0.25, -0.2) is 0 Å². The Morgan fingerprint density at radius 3 is 2.20 bits per heavy atom. The van der Waals surface area contributed by atoms with Gasteiger partial charge in [0.2, 0.25) is 0 Å². The fourth-order valence-corrected chi connectivity index (χ4v) is 3.11. The van der Waals surface area contributed by atoms with Crippen molar-refractivity contribution in [1.82, 2.24) is 0 Å². The fourth-order valence-electron chi connectivity index (χ4n) is 1.74. The molecular formula is C19H24O4S2. The molecule has 1 aromatic carbocycles. The van der Waals surface area contributed by atoms with Crippen LogP contribution in [-0.2, 0) is 14.9 Å². The van der Waals surface area contributed by atoms with E-state index in [-0.39, 0.29) is 0 Å². The van der Waals surface area contributed by atoms with Crippen LogP contribution < -0.4 is 4.18 Å². The number of hydrogen-bond acceptors (Lipinski definition) is 5. The molecule has 0 amide bonds. The average Bonchev–Trinajstić information content (AvgIpc) is 2.87. The van der Waals surface area contributed by atoms with E-state index in [0.717, 1.165) is 6.26 Å². The Morgan fingerprint density at radius 2 is 1.76 bits per heavy atom. The van der Waals surface area contributed by atoms with Gasteiger partial charge in [-0.15, -0.1) is 24.2 Å². The molecule has 1 heterocycles. The molecule has 6 heteroatoms. The summed E-state index contributed by atoms with van der Waals surface area (Å²) in [6.45, 7) is 4.96. The minimum Gasteiger partial charge on any atom is -0.383 e. The maximum absolute atomic E-state index is 10.6. The standard InChI is InChI=1S/C10H14OS.C7H8O3S.C2H2/c1-8-7-10(9(2)12-8)5-4-6-11-3;1-11(8,9)10-7-5-3-2-4-6-7;1-2/h4-5,7H,6H2,1-3H3;2-6H,1H3;1-2H/b5-4-;;. The summed E-state index contributed by atoms with van der Waals surface area (Å²) in [7, 11) is -1.67. The molecule has 1 aromatic heterocycles. The zero-order valence-corrected chi connectivity index (χ0v) is 16.6. The molecule has 0 unspecified atom stereocenters. The van der Waals surface area contributed by atoms with E-state index < -0.39 is 10.1 Å². The molecule has 0 saturated heterocycles. The summed E-state index contributed by atoms with van der Waals surface area (Å²) < 4.78 is 30.7. The van der Waals surface area contributed by atoms with Gasteiger partial charge < -0.3 is 8.92 Å². The van der Waals surface area contributed by atoms with E-state index in [4.69, 9.17) is 4.74 Å². The second kappa shape index (κ2) is 12.3. The van der Waals surface area contributed by atoms with Crippen LogP contribution in [0.25, 0.3) is 6.08 Å². The molecule has 25 heavy (non-hydrogen) atoms. The van der Waals surface area contributed by atoms with Crippen molar-refractivity contribution in [2.75, 3.05) is 20.0 Å². The Labute approximate surface area is 155 Å². The maximum Gasteiger partial charge on any atom is 0.306 e. The summed E-state index contributed by atoms with van der Waals surface area (Å²) in [5.41, 5.74) is 1.31. The van der Waals surface area contributed by atoms with Crippen molar-refractivity contribution < 1.29 is 17.3 Å². The van der Waals surface area contributed by atoms with Crippen LogP contribution >= 0.6 is 11.3 Å². The zero-order chi connectivity index (χ0) is 19.3. The lowest BCUT2D eigenvalue weighted by Crippen LogP contribution is -2.05. The highest BCUT2D eigenvalue weighted by Gasteiger charge is 2.01. The quantitative estimate of drug-likeness (QED) is 0.573. The van der Waals surface area contributed by atoms with Crippen LogP contribution in [0.15, 0.2) is 42.5 Å². The number of methoxy groups -OCH3 is 1. The molecule has 0 fully saturated rings. The minimum absolute atomic E-state index is 0.343. The van der Waals surface area contributed by atoms with Gasteiger partial charge in [0.1, 0.15) is 5.75 Å². The number of ether oxygens (including phenoxy) is 1. The van der Waals surface area contributed by atoms with Crippen LogP contribution in [0.3, 0.4) is 0 Å². The highest BCUT2D eigenvalue weighted by atomic mass is 32.2. The van der Waals surface area contributed by atoms with E-state index >= 15 is 0 Å². The maximum atomic E-state index is 10.6. The third kappa shape index (κ3) is 11.2. The molecule has 0 aliphatic rings. The fraction of sp³-hybridized carbons (Fsp3) is 0.263. The smallest absolute Gasteiger partial charge is 0.306 e. The molecule has 0 saturated carbocycles. The lowest BCUT2D eigenvalue weighted by Gasteiger charge is -1.99. The topological polar surface area (TPSA) is 52.6 Å². The number of rotatable bonds is 5. The van der Waals surface area contributed by atoms with Gasteiger partial charge in [-0.1, -0.05) is 30.4 Å². The molecule has 0 aliphatic heterocycles. The molecule has 136 valence electrons. The Hall–Kier alpha value is -2.07. The van der Waals surface area contributed by atoms with Gasteiger partial charge in [0, 0.05) is 16.9 Å². The number of thiophene rings is 1. The van der Waals surface area contributed by atoms with Crippen LogP contribution in [0.4, 0.5) is 0 Å². The lowest BCUT2D eigenvalue weighted by molar-refractivity contribution is 0.234. The van der Waals surface area contributed by atoms with Gasteiger partial charge in [-0.2, -0.15) is 8.42 Å². The van der Waals surface area contributed by atoms with E-state index in [1.807, 2.05) is 17.4 Å². The molecule has 0 bridgehead atoms. The number of aryl methyl sites for hydroxylation is 2. The summed E-state index contributed by atoms with van der Waals surface area (Å²) in [6, 6.07) is 10.6. The minimum atomic E-state index is -3.38. The molecule has 2 rings (SSSR count). The first kappa shape index (κ1) is 22.9. The van der Waals surface area contributed by atoms with Crippen molar-refractivity contribution in [2.24, 2.45) is 0 Å². The van der Waals surface area contributed by atoms with Gasteiger partial charge in [-0.05, 0) is 37.6 Å². The predicted molar refractivity (Wildman–Crippen MR) is 107 cm³/mol. The third-order valence-corrected chi connectivity index (χ3v) is 4.11. The Kier molecular flexibility index (Phi) is 11.3. The van der Waals surface area contributed by atoms with Gasteiger partial charge in [0.25, 0.3) is 0 Å². The highest BCUT2D eigenvalue weighted by molar-refractivity contribution is 7.86. The van der Waals surface area contributed by atoms with Gasteiger partial charge >= 0.3 is 10.1 Å². The van der Waals surface area contributed by atoms with Crippen molar-refractivity contribution in [3.8, 4) is 18.6 Å². The number of hydrogen-bond donors (Lipinski definition) is 0. The van der Waals surface area contributed by atoms with Crippen LogP contribution in [0.1, 0.15) is 15.3 Å². The number of benzene rings is 1. The number of para-hydroxylation sites is 1. The van der Waals surface area contributed by atoms with E-state index in [0.29, 0.717) is 12.4 Å². The number of terminal acetylenes is 1. The van der Waals surface area contributed by atoms with E-state index in [1.54, 1.807) is 37.4 Å². The molecule has 0 spiro atoms. The normalized spacial score (nSPS) is 10.3. The van der Waals surface area contributed by atoms with Crippen LogP contribution in [-0.4, -0.2) is 28.4 Å². The van der Waals surface area contributed by atoms with Gasteiger partial charge in [-0.3, -0.25) is 0 Å². The Balaban J connectivity index is 0.000000421. The van der Waals surface area contributed by atoms with E-state index in [9.17, 15) is 8.42 Å². The van der Waals surface area contributed by atoms with Crippen LogP contribution in [0.2, 0.25) is 0 Å². The van der Waals surface area contributed by atoms with Crippen molar-refractivity contribution in [2.45, 2.75) is 13.8 Å². The SMILES string of the molecule is C#C.COC/C=C\c1cc(C)sc1C.CS(=O)(=O)Oc1ccccc1. The largest absolute Gasteiger partial charge is 0.383 e. The first-order valence-corrected chi connectivity index (χ1v) is 9.95. The van der Waals surface area contributed by atoms with Crippen molar-refractivity contribution in [1.29, 1.82) is 0 Å². The van der Waals surface area contributed by atoms with Crippen molar-refractivity contribution in [3.63, 3.8) is 0 Å². The van der Waals surface area contributed by atoms with Gasteiger partial charge in [0.15, 0.2) is 0 Å². The molecule has 0 atom stereocenters. The van der Waals surface area contributed by atoms with Crippen molar-refractivity contribution in [3.05, 3.63) is 57.8 Å². The molecule has 2 aromatic rings. The summed E-state index contributed by atoms with van der Waals surface area (Å²) in [4.78, 5) is 2.74. The molecule has 0 aliphatic carbocycles. The summed E-state index contributed by atoms with van der Waals surface area (Å²) in [5, 5.41) is 0. The zero-order valence-electron chi connectivity index (χ0n) is 14.9. The summed E-state index contributed by atoms with van der Waals surface area (Å²) in [5.74, 6) is 0.343.